The van der Waals surface area contributed by atoms with Gasteiger partial charge in [0, 0.05) is 13.1 Å². The van der Waals surface area contributed by atoms with Gasteiger partial charge in [-0.15, -0.1) is 5.10 Å². The predicted octanol–water partition coefficient (Wildman–Crippen LogP) is -0.673. The topological polar surface area (TPSA) is 69.5 Å². The molecule has 2 atom stereocenters. The van der Waals surface area contributed by atoms with Crippen LogP contribution in [0.15, 0.2) is 12.1 Å². The summed E-state index contributed by atoms with van der Waals surface area (Å²) in [4.78, 5) is 1.82. The van der Waals surface area contributed by atoms with Gasteiger partial charge in [-0.2, -0.15) is 5.10 Å². The first-order valence-corrected chi connectivity index (χ1v) is 4.58. The molecule has 76 valence electrons. The lowest BCUT2D eigenvalue weighted by atomic mass is 10.3. The van der Waals surface area contributed by atoms with Gasteiger partial charge in [0.2, 0.25) is 0 Å². The van der Waals surface area contributed by atoms with Gasteiger partial charge in [0.15, 0.2) is 5.82 Å². The third kappa shape index (κ3) is 1.69. The molecule has 1 aliphatic heterocycles. The largest absolute Gasteiger partial charge is 0.389 e. The molecule has 1 fully saturated rings. The monoisotopic (exact) mass is 195 g/mol. The van der Waals surface area contributed by atoms with E-state index in [-0.39, 0.29) is 0 Å². The van der Waals surface area contributed by atoms with Crippen LogP contribution < -0.4 is 4.90 Å². The van der Waals surface area contributed by atoms with Gasteiger partial charge in [-0.1, -0.05) is 0 Å². The highest BCUT2D eigenvalue weighted by atomic mass is 16.3. The molecule has 0 spiro atoms. The van der Waals surface area contributed by atoms with Crippen molar-refractivity contribution in [2.24, 2.45) is 0 Å². The van der Waals surface area contributed by atoms with Gasteiger partial charge < -0.3 is 15.1 Å². The summed E-state index contributed by atoms with van der Waals surface area (Å²) in [6, 6.07) is 3.70. The molecule has 5 nitrogen and oxygen atoms in total. The highest BCUT2D eigenvalue weighted by Crippen LogP contribution is 2.17. The van der Waals surface area contributed by atoms with Crippen LogP contribution in [0, 0.1) is 6.92 Å². The first-order valence-electron chi connectivity index (χ1n) is 4.58. The number of hydrogen-bond donors (Lipinski definition) is 2. The summed E-state index contributed by atoms with van der Waals surface area (Å²) in [6.07, 6.45) is -1.36. The second kappa shape index (κ2) is 3.51. The lowest BCUT2D eigenvalue weighted by Gasteiger charge is -2.14. The van der Waals surface area contributed by atoms with Gasteiger partial charge in [0.1, 0.15) is 0 Å². The lowest BCUT2D eigenvalue weighted by molar-refractivity contribution is 0.0572. The van der Waals surface area contributed by atoms with Crippen LogP contribution in [0.4, 0.5) is 5.82 Å². The average molecular weight is 195 g/mol. The molecule has 0 aromatic carbocycles. The maximum absolute atomic E-state index is 9.34. The quantitative estimate of drug-likeness (QED) is 0.621. The Hall–Kier alpha value is -1.20. The van der Waals surface area contributed by atoms with Crippen LogP contribution >= 0.6 is 0 Å². The molecule has 1 aliphatic rings. The van der Waals surface area contributed by atoms with Crippen LogP contribution in [-0.2, 0) is 0 Å². The summed E-state index contributed by atoms with van der Waals surface area (Å²) in [6.45, 7) is 2.70. The number of nitrogens with zero attached hydrogens (tertiary/aromatic N) is 3. The smallest absolute Gasteiger partial charge is 0.151 e. The summed E-state index contributed by atoms with van der Waals surface area (Å²) in [5.41, 5.74) is 0.856. The Morgan fingerprint density at radius 1 is 1.21 bits per heavy atom. The van der Waals surface area contributed by atoms with Gasteiger partial charge >= 0.3 is 0 Å². The van der Waals surface area contributed by atoms with E-state index in [0.717, 1.165) is 5.69 Å². The van der Waals surface area contributed by atoms with E-state index in [1.165, 1.54) is 0 Å². The number of aryl methyl sites for hydroxylation is 1. The fourth-order valence-electron chi connectivity index (χ4n) is 1.52. The number of aliphatic hydroxyl groups is 2. The Labute approximate surface area is 82.0 Å². The molecule has 14 heavy (non-hydrogen) atoms. The van der Waals surface area contributed by atoms with E-state index in [1.54, 1.807) is 0 Å². The standard InChI is InChI=1S/C9H13N3O2/c1-6-2-3-9(11-10-6)12-4-7(13)8(14)5-12/h2-3,7-8,13-14H,4-5H2,1H3. The van der Waals surface area contributed by atoms with E-state index >= 15 is 0 Å². The third-order valence-electron chi connectivity index (χ3n) is 2.37. The van der Waals surface area contributed by atoms with Crippen LogP contribution in [0.3, 0.4) is 0 Å². The second-order valence-corrected chi connectivity index (χ2v) is 3.57. The van der Waals surface area contributed by atoms with Crippen molar-refractivity contribution in [2.45, 2.75) is 19.1 Å². The van der Waals surface area contributed by atoms with Crippen molar-refractivity contribution >= 4 is 5.82 Å². The predicted molar refractivity (Wildman–Crippen MR) is 51.0 cm³/mol. The van der Waals surface area contributed by atoms with Gasteiger partial charge in [-0.25, -0.2) is 0 Å². The zero-order valence-corrected chi connectivity index (χ0v) is 7.96. The zero-order chi connectivity index (χ0) is 10.1. The van der Waals surface area contributed by atoms with Crippen LogP contribution in [0.25, 0.3) is 0 Å². The number of hydrogen-bond acceptors (Lipinski definition) is 5. The summed E-state index contributed by atoms with van der Waals surface area (Å²) in [5, 5.41) is 26.6. The molecule has 0 bridgehead atoms. The van der Waals surface area contributed by atoms with Crippen molar-refractivity contribution in [3.05, 3.63) is 17.8 Å². The van der Waals surface area contributed by atoms with E-state index < -0.39 is 12.2 Å². The van der Waals surface area contributed by atoms with Crippen LogP contribution in [0.2, 0.25) is 0 Å². The van der Waals surface area contributed by atoms with E-state index in [2.05, 4.69) is 10.2 Å². The van der Waals surface area contributed by atoms with Crippen molar-refractivity contribution in [3.8, 4) is 0 Å². The Balaban J connectivity index is 2.13. The zero-order valence-electron chi connectivity index (χ0n) is 7.96. The van der Waals surface area contributed by atoms with Gasteiger partial charge in [-0.05, 0) is 19.1 Å². The van der Waals surface area contributed by atoms with Gasteiger partial charge in [0.25, 0.3) is 0 Å². The SMILES string of the molecule is Cc1ccc(N2CC(O)C(O)C2)nn1. The number of rotatable bonds is 1. The fraction of sp³-hybridized carbons (Fsp3) is 0.556. The summed E-state index contributed by atoms with van der Waals surface area (Å²) in [5.74, 6) is 0.700. The van der Waals surface area contributed by atoms with E-state index in [9.17, 15) is 10.2 Å². The maximum atomic E-state index is 9.34. The molecule has 0 radical (unpaired) electrons. The molecule has 0 amide bonds. The Morgan fingerprint density at radius 2 is 1.86 bits per heavy atom. The van der Waals surface area contributed by atoms with Gasteiger partial charge in [-0.3, -0.25) is 0 Å². The molecule has 0 saturated carbocycles. The molecule has 5 heteroatoms. The third-order valence-corrected chi connectivity index (χ3v) is 2.37. The number of aromatic nitrogens is 2. The molecular formula is C9H13N3O2. The molecule has 2 rings (SSSR count). The van der Waals surface area contributed by atoms with Crippen molar-refractivity contribution in [3.63, 3.8) is 0 Å². The highest BCUT2D eigenvalue weighted by molar-refractivity contribution is 5.39. The molecule has 2 heterocycles. The van der Waals surface area contributed by atoms with E-state index in [0.29, 0.717) is 18.9 Å². The molecule has 2 N–H and O–H groups in total. The molecule has 1 aromatic heterocycles. The normalized spacial score (nSPS) is 26.9. The minimum Gasteiger partial charge on any atom is -0.389 e. The molecule has 1 saturated heterocycles. The number of β-amino-alcohol motifs (C(OH)–C–C–N with tert-alkyl or cyclic N) is 2. The highest BCUT2D eigenvalue weighted by Gasteiger charge is 2.30. The second-order valence-electron chi connectivity index (χ2n) is 3.57. The summed E-state index contributed by atoms with van der Waals surface area (Å²) >= 11 is 0. The average Bonchev–Trinajstić information content (AvgIpc) is 2.48. The van der Waals surface area contributed by atoms with Crippen molar-refractivity contribution in [1.82, 2.24) is 10.2 Å². The Kier molecular flexibility index (Phi) is 2.35. The van der Waals surface area contributed by atoms with E-state index in [4.69, 9.17) is 0 Å². The first kappa shape index (κ1) is 9.36. The van der Waals surface area contributed by atoms with Crippen LogP contribution in [-0.4, -0.2) is 45.7 Å². The van der Waals surface area contributed by atoms with Gasteiger partial charge in [0.05, 0.1) is 17.9 Å². The Morgan fingerprint density at radius 3 is 2.36 bits per heavy atom. The minimum absolute atomic E-state index is 0.416. The van der Waals surface area contributed by atoms with E-state index in [1.807, 2.05) is 24.0 Å². The number of anilines is 1. The molecule has 2 unspecified atom stereocenters. The van der Waals surface area contributed by atoms with Crippen molar-refractivity contribution < 1.29 is 10.2 Å². The maximum Gasteiger partial charge on any atom is 0.151 e. The molecular weight excluding hydrogens is 182 g/mol. The minimum atomic E-state index is -0.682. The Bertz CT molecular complexity index is 304. The first-order chi connectivity index (χ1) is 6.66. The van der Waals surface area contributed by atoms with Crippen molar-refractivity contribution in [1.29, 1.82) is 0 Å². The van der Waals surface area contributed by atoms with Crippen LogP contribution in [0.5, 0.6) is 0 Å². The lowest BCUT2D eigenvalue weighted by Crippen LogP contribution is -2.22. The fourth-order valence-corrected chi connectivity index (χ4v) is 1.52. The van der Waals surface area contributed by atoms with Crippen molar-refractivity contribution in [2.75, 3.05) is 18.0 Å². The molecule has 0 aliphatic carbocycles. The number of aliphatic hydroxyl groups excluding tert-OH is 2. The van der Waals surface area contributed by atoms with Crippen LogP contribution in [0.1, 0.15) is 5.69 Å². The summed E-state index contributed by atoms with van der Waals surface area (Å²) in [7, 11) is 0. The summed E-state index contributed by atoms with van der Waals surface area (Å²) < 4.78 is 0. The molecule has 1 aromatic rings.